The highest BCUT2D eigenvalue weighted by molar-refractivity contribution is 7.62. The Labute approximate surface area is 192 Å². The van der Waals surface area contributed by atoms with Crippen LogP contribution in [0.15, 0.2) is 46.8 Å². The minimum absolute atomic E-state index is 0.141. The Kier molecular flexibility index (Phi) is 7.23. The number of nitrogens with zero attached hydrogens (tertiary/aromatic N) is 2. The molecule has 1 heterocycles. The highest BCUT2D eigenvalue weighted by atomic mass is 32.2. The number of hydrogen-bond acceptors (Lipinski definition) is 6. The maximum atomic E-state index is 14.2. The van der Waals surface area contributed by atoms with Gasteiger partial charge in [0.25, 0.3) is 5.91 Å². The van der Waals surface area contributed by atoms with Gasteiger partial charge in [-0.25, -0.2) is 9.37 Å². The van der Waals surface area contributed by atoms with E-state index < -0.39 is 22.2 Å². The van der Waals surface area contributed by atoms with Crippen molar-refractivity contribution in [1.29, 1.82) is 0 Å². The highest BCUT2D eigenvalue weighted by Gasteiger charge is 2.19. The van der Waals surface area contributed by atoms with Gasteiger partial charge in [0, 0.05) is 11.6 Å². The van der Waals surface area contributed by atoms with Crippen molar-refractivity contribution in [1.82, 2.24) is 4.98 Å². The van der Waals surface area contributed by atoms with Gasteiger partial charge in [0.2, 0.25) is 5.88 Å². The number of aromatic nitrogens is 1. The van der Waals surface area contributed by atoms with E-state index in [-0.39, 0.29) is 17.5 Å². The molecule has 33 heavy (non-hydrogen) atoms. The summed E-state index contributed by atoms with van der Waals surface area (Å²) in [7, 11) is -2.94. The van der Waals surface area contributed by atoms with Crippen molar-refractivity contribution >= 4 is 16.4 Å². The molecule has 0 radical (unpaired) electrons. The lowest BCUT2D eigenvalue weighted by Crippen LogP contribution is -2.06. The van der Waals surface area contributed by atoms with Crippen LogP contribution in [0.1, 0.15) is 40.9 Å². The maximum Gasteiger partial charge on any atom is 0.319 e. The predicted molar refractivity (Wildman–Crippen MR) is 122 cm³/mol. The molecule has 0 aliphatic rings. The van der Waals surface area contributed by atoms with Crippen LogP contribution in [0.2, 0.25) is 0 Å². The molecule has 7 nitrogen and oxygen atoms in total. The molecule has 0 aliphatic heterocycles. The number of ether oxygens (including phenoxy) is 2. The molecular formula is C24H23FN2O5S. The Hall–Kier alpha value is -3.59. The molecule has 0 N–H and O–H groups in total. The topological polar surface area (TPSA) is 94.9 Å². The third kappa shape index (κ3) is 6.01. The first-order valence-corrected chi connectivity index (χ1v) is 11.2. The van der Waals surface area contributed by atoms with Gasteiger partial charge in [0.1, 0.15) is 22.9 Å². The summed E-state index contributed by atoms with van der Waals surface area (Å²) in [5.41, 5.74) is 3.21. The molecule has 0 spiro atoms. The fourth-order valence-corrected chi connectivity index (χ4v) is 3.67. The molecule has 9 heteroatoms. The van der Waals surface area contributed by atoms with Crippen LogP contribution in [0.3, 0.4) is 0 Å². The van der Waals surface area contributed by atoms with Crippen molar-refractivity contribution < 1.29 is 27.1 Å². The lowest BCUT2D eigenvalue weighted by Gasteiger charge is -2.15. The molecule has 3 aromatic rings. The van der Waals surface area contributed by atoms with E-state index in [1.807, 2.05) is 46.8 Å². The zero-order chi connectivity index (χ0) is 24.3. The summed E-state index contributed by atoms with van der Waals surface area (Å²) in [6, 6.07) is 10.8. The standard InChI is InChI=1S/C24H23FN2O5S/c1-13(2)31-19-11-17(10-18(25)12-19)21-7-6-20(23(28)27-33(29)30)24(26-21)32-22-15(4)8-14(3)9-16(22)5/h6-13H,1-5H3. The number of rotatable bonds is 6. The second-order valence-electron chi connectivity index (χ2n) is 7.83. The lowest BCUT2D eigenvalue weighted by atomic mass is 10.1. The summed E-state index contributed by atoms with van der Waals surface area (Å²) in [6.45, 7) is 9.29. The van der Waals surface area contributed by atoms with E-state index >= 15 is 0 Å². The number of amides is 1. The highest BCUT2D eigenvalue weighted by Crippen LogP contribution is 2.33. The zero-order valence-electron chi connectivity index (χ0n) is 18.8. The van der Waals surface area contributed by atoms with Crippen LogP contribution in [0.4, 0.5) is 4.39 Å². The molecule has 0 aliphatic carbocycles. The number of carbonyl (C=O) groups excluding carboxylic acids is 1. The fraction of sp³-hybridized carbons (Fsp3) is 0.250. The van der Waals surface area contributed by atoms with Gasteiger partial charge in [0.15, 0.2) is 0 Å². The van der Waals surface area contributed by atoms with Crippen LogP contribution in [-0.2, 0) is 10.5 Å². The molecule has 0 bridgehead atoms. The average Bonchev–Trinajstić information content (AvgIpc) is 2.69. The van der Waals surface area contributed by atoms with Gasteiger partial charge in [0.05, 0.1) is 11.8 Å². The molecule has 0 atom stereocenters. The molecule has 172 valence electrons. The smallest absolute Gasteiger partial charge is 0.319 e. The number of benzene rings is 2. The van der Waals surface area contributed by atoms with Crippen LogP contribution in [-0.4, -0.2) is 25.4 Å². The summed E-state index contributed by atoms with van der Waals surface area (Å²) >= 11 is 0. The minimum Gasteiger partial charge on any atom is -0.491 e. The van der Waals surface area contributed by atoms with Crippen LogP contribution in [0.5, 0.6) is 17.4 Å². The van der Waals surface area contributed by atoms with E-state index in [4.69, 9.17) is 9.47 Å². The van der Waals surface area contributed by atoms with Gasteiger partial charge in [-0.1, -0.05) is 22.1 Å². The average molecular weight is 471 g/mol. The van der Waals surface area contributed by atoms with E-state index in [0.29, 0.717) is 22.8 Å². The number of halogens is 1. The molecule has 0 saturated carbocycles. The van der Waals surface area contributed by atoms with Crippen LogP contribution >= 0.6 is 0 Å². The monoisotopic (exact) mass is 470 g/mol. The third-order valence-corrected chi connectivity index (χ3v) is 4.91. The number of carbonyl (C=O) groups is 1. The van der Waals surface area contributed by atoms with E-state index in [9.17, 15) is 17.6 Å². The Balaban J connectivity index is 2.16. The SMILES string of the molecule is Cc1cc(C)c(Oc2nc(-c3cc(F)cc(OC(C)C)c3)ccc2C(=O)N=S(=O)=O)c(C)c1. The van der Waals surface area contributed by atoms with Crippen LogP contribution in [0.25, 0.3) is 11.3 Å². The van der Waals surface area contributed by atoms with Gasteiger partial charge >= 0.3 is 10.5 Å². The molecule has 1 amide bonds. The molecule has 0 fully saturated rings. The van der Waals surface area contributed by atoms with Crippen LogP contribution in [0, 0.1) is 26.6 Å². The molecule has 1 aromatic heterocycles. The van der Waals surface area contributed by atoms with Crippen molar-refractivity contribution in [2.75, 3.05) is 0 Å². The number of pyridine rings is 1. The molecule has 0 saturated heterocycles. The summed E-state index contributed by atoms with van der Waals surface area (Å²) in [5.74, 6) is -0.883. The van der Waals surface area contributed by atoms with Crippen molar-refractivity contribution in [3.05, 3.63) is 70.5 Å². The Bertz CT molecular complexity index is 1340. The van der Waals surface area contributed by atoms with Gasteiger partial charge in [-0.15, -0.1) is 0 Å². The molecular weight excluding hydrogens is 447 g/mol. The van der Waals surface area contributed by atoms with Gasteiger partial charge < -0.3 is 9.47 Å². The summed E-state index contributed by atoms with van der Waals surface area (Å²) in [4.78, 5) is 16.8. The van der Waals surface area contributed by atoms with Crippen molar-refractivity contribution in [3.8, 4) is 28.6 Å². The first-order valence-electron chi connectivity index (χ1n) is 10.1. The van der Waals surface area contributed by atoms with E-state index in [0.717, 1.165) is 16.7 Å². The van der Waals surface area contributed by atoms with E-state index in [1.165, 1.54) is 24.3 Å². The molecule has 2 aromatic carbocycles. The van der Waals surface area contributed by atoms with Gasteiger partial charge in [-0.3, -0.25) is 4.79 Å². The second-order valence-corrected chi connectivity index (χ2v) is 8.45. The third-order valence-electron chi connectivity index (χ3n) is 4.59. The minimum atomic E-state index is -2.94. The zero-order valence-corrected chi connectivity index (χ0v) is 19.7. The Morgan fingerprint density at radius 2 is 1.70 bits per heavy atom. The van der Waals surface area contributed by atoms with Gasteiger partial charge in [-0.2, -0.15) is 8.42 Å². The van der Waals surface area contributed by atoms with Crippen molar-refractivity contribution in [3.63, 3.8) is 0 Å². The summed E-state index contributed by atoms with van der Waals surface area (Å²) in [6.07, 6.45) is -0.159. The second kappa shape index (κ2) is 9.91. The number of aryl methyl sites for hydroxylation is 3. The lowest BCUT2D eigenvalue weighted by molar-refractivity contribution is 0.100. The summed E-state index contributed by atoms with van der Waals surface area (Å²) in [5, 5.41) is 0. The first kappa shape index (κ1) is 24.1. The normalized spacial score (nSPS) is 10.8. The largest absolute Gasteiger partial charge is 0.491 e. The van der Waals surface area contributed by atoms with Gasteiger partial charge in [-0.05, 0) is 70.0 Å². The Morgan fingerprint density at radius 1 is 1.03 bits per heavy atom. The maximum absolute atomic E-state index is 14.2. The summed E-state index contributed by atoms with van der Waals surface area (Å²) < 4.78 is 50.8. The first-order chi connectivity index (χ1) is 15.5. The van der Waals surface area contributed by atoms with Crippen molar-refractivity contribution in [2.45, 2.75) is 40.7 Å². The van der Waals surface area contributed by atoms with E-state index in [2.05, 4.69) is 9.35 Å². The van der Waals surface area contributed by atoms with Crippen LogP contribution < -0.4 is 9.47 Å². The predicted octanol–water partition coefficient (Wildman–Crippen LogP) is 5.60. The quantitative estimate of drug-likeness (QED) is 0.466. The molecule has 3 rings (SSSR count). The molecule has 0 unspecified atom stereocenters. The van der Waals surface area contributed by atoms with E-state index in [1.54, 1.807) is 6.07 Å². The fourth-order valence-electron chi connectivity index (χ4n) is 3.43. The Morgan fingerprint density at radius 3 is 2.30 bits per heavy atom. The van der Waals surface area contributed by atoms with Crippen molar-refractivity contribution in [2.24, 2.45) is 4.36 Å². The number of hydrogen-bond donors (Lipinski definition) is 0.